The Morgan fingerprint density at radius 1 is 1.36 bits per heavy atom. The Morgan fingerprint density at radius 2 is 2.09 bits per heavy atom. The lowest BCUT2D eigenvalue weighted by Crippen LogP contribution is -2.34. The van der Waals surface area contributed by atoms with Crippen LogP contribution in [0.5, 0.6) is 5.75 Å². The average Bonchev–Trinajstić information content (AvgIpc) is 2.46. The minimum absolute atomic E-state index is 0.101. The number of carbonyl (C=O) groups is 1. The second-order valence-corrected chi connectivity index (χ2v) is 6.90. The van der Waals surface area contributed by atoms with Gasteiger partial charge in [-0.2, -0.15) is 0 Å². The topological polar surface area (TPSA) is 75.7 Å². The Hall–Kier alpha value is -1.76. The van der Waals surface area contributed by atoms with E-state index in [1.165, 1.54) is 11.4 Å². The summed E-state index contributed by atoms with van der Waals surface area (Å²) in [6, 6.07) is 6.77. The summed E-state index contributed by atoms with van der Waals surface area (Å²) >= 11 is 0. The number of amides is 1. The Bertz CT molecular complexity index is 587. The first kappa shape index (κ1) is 18.3. The van der Waals surface area contributed by atoms with E-state index in [9.17, 15) is 13.2 Å². The van der Waals surface area contributed by atoms with E-state index < -0.39 is 10.0 Å². The van der Waals surface area contributed by atoms with Gasteiger partial charge in [0.2, 0.25) is 15.9 Å². The normalized spacial score (nSPS) is 11.0. The number of benzene rings is 1. The zero-order valence-corrected chi connectivity index (χ0v) is 14.1. The van der Waals surface area contributed by atoms with E-state index in [4.69, 9.17) is 4.74 Å². The summed E-state index contributed by atoms with van der Waals surface area (Å²) in [5.74, 6) is 0.420. The van der Waals surface area contributed by atoms with Crippen LogP contribution in [0.1, 0.15) is 26.2 Å². The molecule has 0 aliphatic rings. The van der Waals surface area contributed by atoms with E-state index >= 15 is 0 Å². The molecule has 0 radical (unpaired) electrons. The minimum atomic E-state index is -3.47. The number of unbranched alkanes of at least 4 members (excludes halogenated alkanes) is 1. The van der Waals surface area contributed by atoms with E-state index in [0.717, 1.165) is 19.1 Å². The maximum absolute atomic E-state index is 12.0. The number of methoxy groups -OCH3 is 1. The fourth-order valence-electron chi connectivity index (χ4n) is 1.95. The largest absolute Gasteiger partial charge is 0.497 e. The number of carbonyl (C=O) groups excluding carboxylic acids is 1. The van der Waals surface area contributed by atoms with Crippen molar-refractivity contribution >= 4 is 21.6 Å². The third-order valence-corrected chi connectivity index (χ3v) is 4.33. The molecule has 6 nitrogen and oxygen atoms in total. The SMILES string of the molecule is CCCCNC(=O)CCN(c1cccc(OC)c1)S(C)(=O)=O. The van der Waals surface area contributed by atoms with Crippen LogP contribution in [0.25, 0.3) is 0 Å². The van der Waals surface area contributed by atoms with Gasteiger partial charge in [0.25, 0.3) is 0 Å². The molecular weight excluding hydrogens is 304 g/mol. The van der Waals surface area contributed by atoms with Crippen molar-refractivity contribution in [3.63, 3.8) is 0 Å². The van der Waals surface area contributed by atoms with Gasteiger partial charge in [-0.15, -0.1) is 0 Å². The predicted octanol–water partition coefficient (Wildman–Crippen LogP) is 1.77. The lowest BCUT2D eigenvalue weighted by molar-refractivity contribution is -0.120. The molecule has 124 valence electrons. The summed E-state index contributed by atoms with van der Waals surface area (Å²) in [6.45, 7) is 2.76. The maximum Gasteiger partial charge on any atom is 0.232 e. The van der Waals surface area contributed by atoms with Gasteiger partial charge in [-0.1, -0.05) is 19.4 Å². The standard InChI is InChI=1S/C15H24N2O4S/c1-4-5-10-16-15(18)9-11-17(22(3,19)20)13-7-6-8-14(12-13)21-2/h6-8,12H,4-5,9-11H2,1-3H3,(H,16,18). The van der Waals surface area contributed by atoms with Gasteiger partial charge in [0, 0.05) is 25.6 Å². The van der Waals surface area contributed by atoms with Crippen molar-refractivity contribution in [3.8, 4) is 5.75 Å². The van der Waals surface area contributed by atoms with Crippen LogP contribution in [-0.2, 0) is 14.8 Å². The van der Waals surface area contributed by atoms with E-state index in [1.807, 2.05) is 6.92 Å². The molecule has 0 aliphatic heterocycles. The number of nitrogens with zero attached hydrogens (tertiary/aromatic N) is 1. The smallest absolute Gasteiger partial charge is 0.232 e. The Kier molecular flexibility index (Phi) is 7.17. The van der Waals surface area contributed by atoms with Crippen molar-refractivity contribution in [2.45, 2.75) is 26.2 Å². The zero-order valence-electron chi connectivity index (χ0n) is 13.3. The molecule has 0 heterocycles. The molecule has 0 aromatic heterocycles. The molecule has 1 amide bonds. The van der Waals surface area contributed by atoms with Crippen LogP contribution in [0.3, 0.4) is 0 Å². The van der Waals surface area contributed by atoms with Crippen LogP contribution in [0.4, 0.5) is 5.69 Å². The van der Waals surface area contributed by atoms with Crippen molar-refractivity contribution in [1.82, 2.24) is 5.32 Å². The minimum Gasteiger partial charge on any atom is -0.497 e. The lowest BCUT2D eigenvalue weighted by Gasteiger charge is -2.22. The lowest BCUT2D eigenvalue weighted by atomic mass is 10.3. The highest BCUT2D eigenvalue weighted by Crippen LogP contribution is 2.23. The quantitative estimate of drug-likeness (QED) is 0.701. The van der Waals surface area contributed by atoms with Gasteiger partial charge in [-0.3, -0.25) is 9.10 Å². The molecule has 0 bridgehead atoms. The second kappa shape index (κ2) is 8.63. The van der Waals surface area contributed by atoms with Crippen LogP contribution < -0.4 is 14.4 Å². The number of ether oxygens (including phenoxy) is 1. The summed E-state index contributed by atoms with van der Waals surface area (Å²) in [5.41, 5.74) is 0.489. The molecule has 7 heteroatoms. The first-order valence-electron chi connectivity index (χ1n) is 7.27. The van der Waals surface area contributed by atoms with E-state index in [0.29, 0.717) is 18.0 Å². The summed E-state index contributed by atoms with van der Waals surface area (Å²) in [7, 11) is -1.95. The molecule has 0 atom stereocenters. The van der Waals surface area contributed by atoms with Gasteiger partial charge in [-0.05, 0) is 18.6 Å². The summed E-state index contributed by atoms with van der Waals surface area (Å²) in [5, 5.41) is 2.78. The van der Waals surface area contributed by atoms with Gasteiger partial charge in [0.05, 0.1) is 19.1 Å². The molecule has 0 saturated heterocycles. The molecule has 0 unspecified atom stereocenters. The van der Waals surface area contributed by atoms with Gasteiger partial charge in [0.15, 0.2) is 0 Å². The molecule has 1 rings (SSSR count). The number of hydrogen-bond donors (Lipinski definition) is 1. The van der Waals surface area contributed by atoms with E-state index in [-0.39, 0.29) is 18.9 Å². The molecule has 22 heavy (non-hydrogen) atoms. The third-order valence-electron chi connectivity index (χ3n) is 3.14. The molecule has 1 aromatic carbocycles. The second-order valence-electron chi connectivity index (χ2n) is 4.99. The van der Waals surface area contributed by atoms with Crippen LogP contribution in [0, 0.1) is 0 Å². The highest BCUT2D eigenvalue weighted by Gasteiger charge is 2.19. The van der Waals surface area contributed by atoms with Gasteiger partial charge in [-0.25, -0.2) is 8.42 Å². The van der Waals surface area contributed by atoms with Gasteiger partial charge in [0.1, 0.15) is 5.75 Å². The zero-order chi connectivity index (χ0) is 16.6. The number of rotatable bonds is 9. The highest BCUT2D eigenvalue weighted by molar-refractivity contribution is 7.92. The van der Waals surface area contributed by atoms with Crippen molar-refractivity contribution in [1.29, 1.82) is 0 Å². The van der Waals surface area contributed by atoms with Crippen LogP contribution in [0.2, 0.25) is 0 Å². The van der Waals surface area contributed by atoms with Crippen LogP contribution >= 0.6 is 0 Å². The van der Waals surface area contributed by atoms with Crippen LogP contribution in [-0.4, -0.2) is 40.8 Å². The average molecular weight is 328 g/mol. The number of anilines is 1. The fraction of sp³-hybridized carbons (Fsp3) is 0.533. The van der Waals surface area contributed by atoms with Crippen LogP contribution in [0.15, 0.2) is 24.3 Å². The number of sulfonamides is 1. The summed E-state index contributed by atoms with van der Waals surface area (Å²) in [6.07, 6.45) is 3.16. The summed E-state index contributed by atoms with van der Waals surface area (Å²) in [4.78, 5) is 11.7. The van der Waals surface area contributed by atoms with Crippen molar-refractivity contribution in [2.24, 2.45) is 0 Å². The maximum atomic E-state index is 12.0. The van der Waals surface area contributed by atoms with Gasteiger partial charge >= 0.3 is 0 Å². The van der Waals surface area contributed by atoms with E-state index in [1.54, 1.807) is 24.3 Å². The van der Waals surface area contributed by atoms with Crippen molar-refractivity contribution in [3.05, 3.63) is 24.3 Å². The number of hydrogen-bond acceptors (Lipinski definition) is 4. The van der Waals surface area contributed by atoms with Crippen molar-refractivity contribution in [2.75, 3.05) is 30.8 Å². The molecule has 0 fully saturated rings. The first-order chi connectivity index (χ1) is 10.4. The van der Waals surface area contributed by atoms with E-state index in [2.05, 4.69) is 5.32 Å². The first-order valence-corrected chi connectivity index (χ1v) is 9.11. The predicted molar refractivity (Wildman–Crippen MR) is 87.7 cm³/mol. The van der Waals surface area contributed by atoms with Gasteiger partial charge < -0.3 is 10.1 Å². The Balaban J connectivity index is 2.76. The highest BCUT2D eigenvalue weighted by atomic mass is 32.2. The Morgan fingerprint density at radius 3 is 2.68 bits per heavy atom. The molecule has 0 spiro atoms. The number of nitrogens with one attached hydrogen (secondary N) is 1. The molecule has 0 aliphatic carbocycles. The molecule has 0 saturated carbocycles. The summed E-state index contributed by atoms with van der Waals surface area (Å²) < 4.78 is 30.2. The molecular formula is C15H24N2O4S. The molecule has 1 N–H and O–H groups in total. The van der Waals surface area contributed by atoms with Crippen molar-refractivity contribution < 1.29 is 17.9 Å². The third kappa shape index (κ3) is 5.93. The molecule has 1 aromatic rings. The fourth-order valence-corrected chi connectivity index (χ4v) is 2.87. The Labute approximate surface area is 132 Å². The monoisotopic (exact) mass is 328 g/mol.